The SMILES string of the molecule is C=C[C@@H]1C[C@]1(NC(=O)C1C(C(C)C)CCN1C(=O)C(NC(=O)NC(CN(C)S(=O)(=O)c1cccs1)C(C)(C)C)C(C)(C)C)C(=O)NS(=O)(=O)c1ccccc1. The number of carbonyl (C=O) groups excluding carboxylic acids is 4. The monoisotopic (exact) mass is 820 g/mol. The van der Waals surface area contributed by atoms with E-state index in [4.69, 9.17) is 0 Å². The summed E-state index contributed by atoms with van der Waals surface area (Å²) in [4.78, 5) is 57.6. The maximum absolute atomic E-state index is 14.6. The van der Waals surface area contributed by atoms with Crippen molar-refractivity contribution < 1.29 is 36.0 Å². The minimum Gasteiger partial charge on any atom is -0.339 e. The largest absolute Gasteiger partial charge is 0.339 e. The smallest absolute Gasteiger partial charge is 0.315 e. The fourth-order valence-corrected chi connectivity index (χ4v) is 10.3. The molecule has 0 bridgehead atoms. The second kappa shape index (κ2) is 16.4. The first-order valence-electron chi connectivity index (χ1n) is 18.3. The molecule has 2 heterocycles. The zero-order valence-corrected chi connectivity index (χ0v) is 35.5. The first-order valence-corrected chi connectivity index (χ1v) is 22.1. The third-order valence-electron chi connectivity index (χ3n) is 10.5. The van der Waals surface area contributed by atoms with Gasteiger partial charge in [-0.15, -0.1) is 17.9 Å². The molecule has 4 N–H and O–H groups in total. The Labute approximate surface area is 330 Å². The van der Waals surface area contributed by atoms with Crippen molar-refractivity contribution in [3.05, 3.63) is 60.5 Å². The van der Waals surface area contributed by atoms with Crippen molar-refractivity contribution in [2.75, 3.05) is 20.1 Å². The lowest BCUT2D eigenvalue weighted by Gasteiger charge is -2.38. The average Bonchev–Trinajstić information content (AvgIpc) is 3.42. The standard InChI is InChI=1S/C38H56N6O8S3/c1-11-25-22-38(25,34(47)42-54(49,50)26-16-13-12-14-17-26)41-32(45)30-27(24(2)3)19-20-44(30)33(46)31(37(7,8)9)40-35(48)39-28(36(4,5)6)23-43(10)55(51,52)29-18-15-21-53-29/h11-18,21,24-25,27-28,30-31H,1,19-20,22-23H2,2-10H3,(H,41,45)(H,42,47)(H2,39,40,48)/t25-,27?,28?,30?,31?,38-/m1/s1. The van der Waals surface area contributed by atoms with Gasteiger partial charge in [-0.3, -0.25) is 14.4 Å². The maximum atomic E-state index is 14.6. The minimum atomic E-state index is -4.25. The van der Waals surface area contributed by atoms with E-state index in [1.807, 2.05) is 34.6 Å². The Hall–Kier alpha value is -3.80. The van der Waals surface area contributed by atoms with Crippen LogP contribution in [0, 0.1) is 28.6 Å². The van der Waals surface area contributed by atoms with Crippen LogP contribution < -0.4 is 20.7 Å². The molecule has 5 amide bonds. The van der Waals surface area contributed by atoms with Crippen molar-refractivity contribution in [2.24, 2.45) is 28.6 Å². The van der Waals surface area contributed by atoms with Crippen LogP contribution in [0.5, 0.6) is 0 Å². The zero-order chi connectivity index (χ0) is 41.3. The number of sulfonamides is 2. The first kappa shape index (κ1) is 43.9. The highest BCUT2D eigenvalue weighted by Crippen LogP contribution is 2.46. The Morgan fingerprint density at radius 2 is 1.62 bits per heavy atom. The second-order valence-corrected chi connectivity index (χ2v) is 21.9. The summed E-state index contributed by atoms with van der Waals surface area (Å²) in [7, 11) is -6.60. The van der Waals surface area contributed by atoms with E-state index in [-0.39, 0.29) is 40.5 Å². The highest BCUT2D eigenvalue weighted by atomic mass is 32.2. The third kappa shape index (κ3) is 9.78. The van der Waals surface area contributed by atoms with E-state index in [1.54, 1.807) is 38.3 Å². The van der Waals surface area contributed by atoms with Gasteiger partial charge in [0.05, 0.1) is 4.90 Å². The van der Waals surface area contributed by atoms with Gasteiger partial charge in [0.2, 0.25) is 11.8 Å². The predicted molar refractivity (Wildman–Crippen MR) is 212 cm³/mol. The molecular weight excluding hydrogens is 765 g/mol. The van der Waals surface area contributed by atoms with Crippen LogP contribution in [0.1, 0.15) is 68.2 Å². The average molecular weight is 821 g/mol. The number of amides is 5. The van der Waals surface area contributed by atoms with Crippen LogP contribution in [0.2, 0.25) is 0 Å². The lowest BCUT2D eigenvalue weighted by molar-refractivity contribution is -0.144. The summed E-state index contributed by atoms with van der Waals surface area (Å²) >= 11 is 1.10. The van der Waals surface area contributed by atoms with Crippen LogP contribution >= 0.6 is 11.3 Å². The number of thiophene rings is 1. The van der Waals surface area contributed by atoms with E-state index in [1.165, 1.54) is 52.7 Å². The van der Waals surface area contributed by atoms with Gasteiger partial charge in [-0.05, 0) is 59.1 Å². The molecule has 1 aliphatic heterocycles. The lowest BCUT2D eigenvalue weighted by atomic mass is 9.84. The number of rotatable bonds is 14. The fraction of sp³-hybridized carbons (Fsp3) is 0.579. The van der Waals surface area contributed by atoms with Crippen molar-refractivity contribution in [1.29, 1.82) is 0 Å². The minimum absolute atomic E-state index is 0.0383. The van der Waals surface area contributed by atoms with Gasteiger partial charge in [-0.1, -0.05) is 85.7 Å². The van der Waals surface area contributed by atoms with Crippen molar-refractivity contribution in [1.82, 2.24) is 29.9 Å². The van der Waals surface area contributed by atoms with Gasteiger partial charge in [0.25, 0.3) is 26.0 Å². The second-order valence-electron chi connectivity index (χ2n) is 17.0. The molecule has 0 spiro atoms. The zero-order valence-electron chi connectivity index (χ0n) is 33.1. The summed E-state index contributed by atoms with van der Waals surface area (Å²) in [6.07, 6.45) is 2.09. The van der Waals surface area contributed by atoms with E-state index in [9.17, 15) is 36.0 Å². The fourth-order valence-electron chi connectivity index (χ4n) is 6.90. The number of likely N-dealkylation sites (N-methyl/N-ethyl adjacent to an activating group) is 1. The number of nitrogens with one attached hydrogen (secondary N) is 4. The Balaban J connectivity index is 1.56. The van der Waals surface area contributed by atoms with Gasteiger partial charge in [0, 0.05) is 32.1 Å². The van der Waals surface area contributed by atoms with Gasteiger partial charge in [-0.25, -0.2) is 26.4 Å². The third-order valence-corrected chi connectivity index (χ3v) is 15.1. The van der Waals surface area contributed by atoms with Crippen LogP contribution in [0.3, 0.4) is 0 Å². The molecule has 4 rings (SSSR count). The van der Waals surface area contributed by atoms with Gasteiger partial charge < -0.3 is 20.9 Å². The summed E-state index contributed by atoms with van der Waals surface area (Å²) in [5.41, 5.74) is -3.01. The quantitative estimate of drug-likeness (QED) is 0.206. The van der Waals surface area contributed by atoms with Crippen LogP contribution in [-0.4, -0.2) is 93.6 Å². The molecule has 2 fully saturated rings. The highest BCUT2D eigenvalue weighted by Gasteiger charge is 2.62. The van der Waals surface area contributed by atoms with Gasteiger partial charge >= 0.3 is 6.03 Å². The van der Waals surface area contributed by atoms with Crippen LogP contribution in [0.25, 0.3) is 0 Å². The normalized spacial score (nSPS) is 22.8. The number of benzene rings is 1. The van der Waals surface area contributed by atoms with Crippen molar-refractivity contribution in [2.45, 2.75) is 101 Å². The predicted octanol–water partition coefficient (Wildman–Crippen LogP) is 3.94. The molecule has 0 radical (unpaired) electrons. The van der Waals surface area contributed by atoms with E-state index < -0.39 is 84.2 Å². The molecule has 4 unspecified atom stereocenters. The van der Waals surface area contributed by atoms with Gasteiger partial charge in [0.15, 0.2) is 0 Å². The number of hydrogen-bond donors (Lipinski definition) is 4. The lowest BCUT2D eigenvalue weighted by Crippen LogP contribution is -2.63. The molecular formula is C38H56N6O8S3. The van der Waals surface area contributed by atoms with E-state index in [2.05, 4.69) is 27.3 Å². The molecule has 1 saturated heterocycles. The molecule has 55 heavy (non-hydrogen) atoms. The van der Waals surface area contributed by atoms with Crippen LogP contribution in [0.4, 0.5) is 4.79 Å². The summed E-state index contributed by atoms with van der Waals surface area (Å²) in [6.45, 7) is 18.8. The van der Waals surface area contributed by atoms with E-state index in [0.717, 1.165) is 11.3 Å². The number of nitrogens with zero attached hydrogens (tertiary/aromatic N) is 2. The molecule has 304 valence electrons. The molecule has 1 aromatic carbocycles. The molecule has 1 aliphatic carbocycles. The number of carbonyl (C=O) groups is 4. The maximum Gasteiger partial charge on any atom is 0.315 e. The van der Waals surface area contributed by atoms with Crippen LogP contribution in [-0.2, 0) is 34.4 Å². The molecule has 17 heteroatoms. The Bertz CT molecular complexity index is 1960. The molecule has 2 aromatic rings. The van der Waals surface area contributed by atoms with Crippen molar-refractivity contribution in [3.63, 3.8) is 0 Å². The molecule has 6 atom stereocenters. The highest BCUT2D eigenvalue weighted by molar-refractivity contribution is 7.91. The summed E-state index contributed by atoms with van der Waals surface area (Å²) < 4.78 is 56.0. The molecule has 2 aliphatic rings. The van der Waals surface area contributed by atoms with Gasteiger partial charge in [0.1, 0.15) is 21.8 Å². The van der Waals surface area contributed by atoms with Crippen molar-refractivity contribution in [3.8, 4) is 0 Å². The topological polar surface area (TPSA) is 191 Å². The first-order chi connectivity index (χ1) is 25.4. The Kier molecular flexibility index (Phi) is 13.1. The summed E-state index contributed by atoms with van der Waals surface area (Å²) in [5, 5.41) is 10.2. The molecule has 1 saturated carbocycles. The van der Waals surface area contributed by atoms with Crippen molar-refractivity contribution >= 4 is 55.1 Å². The summed E-state index contributed by atoms with van der Waals surface area (Å²) in [5.74, 6) is -2.92. The van der Waals surface area contributed by atoms with E-state index in [0.29, 0.717) is 6.42 Å². The number of urea groups is 1. The Morgan fingerprint density at radius 3 is 2.13 bits per heavy atom. The van der Waals surface area contributed by atoms with Crippen LogP contribution in [0.15, 0.2) is 69.6 Å². The number of likely N-dealkylation sites (tertiary alicyclic amines) is 1. The Morgan fingerprint density at radius 1 is 0.982 bits per heavy atom. The van der Waals surface area contributed by atoms with E-state index >= 15 is 0 Å². The molecule has 1 aromatic heterocycles. The van der Waals surface area contributed by atoms with Gasteiger partial charge in [-0.2, -0.15) is 4.31 Å². The molecule has 14 nitrogen and oxygen atoms in total. The number of hydrogen-bond acceptors (Lipinski definition) is 9. The summed E-state index contributed by atoms with van der Waals surface area (Å²) in [6, 6.07) is 7.10.